The van der Waals surface area contributed by atoms with E-state index in [2.05, 4.69) is 20.8 Å². The van der Waals surface area contributed by atoms with Gasteiger partial charge in [0.05, 0.1) is 24.7 Å². The van der Waals surface area contributed by atoms with E-state index in [4.69, 9.17) is 8.83 Å². The van der Waals surface area contributed by atoms with E-state index in [1.165, 1.54) is 0 Å². The van der Waals surface area contributed by atoms with Gasteiger partial charge in [-0.05, 0) is 51.2 Å². The lowest BCUT2D eigenvalue weighted by atomic mass is 9.93. The molecule has 0 radical (unpaired) electrons. The van der Waals surface area contributed by atoms with Crippen molar-refractivity contribution >= 4 is 28.5 Å². The van der Waals surface area contributed by atoms with Crippen molar-refractivity contribution in [3.05, 3.63) is 76.5 Å². The molecule has 192 valence electrons. The fourth-order valence-corrected chi connectivity index (χ4v) is 4.83. The Kier molecular flexibility index (Phi) is 6.94. The lowest BCUT2D eigenvalue weighted by Gasteiger charge is -2.13. The van der Waals surface area contributed by atoms with Gasteiger partial charge in [-0.3, -0.25) is 9.59 Å². The van der Waals surface area contributed by atoms with Gasteiger partial charge in [0.25, 0.3) is 5.91 Å². The number of aromatic nitrogens is 2. The summed E-state index contributed by atoms with van der Waals surface area (Å²) in [7, 11) is 0. The largest absolute Gasteiger partial charge is 0.464 e. The first-order valence-electron chi connectivity index (χ1n) is 12.6. The Morgan fingerprint density at radius 2 is 2.03 bits per heavy atom. The van der Waals surface area contributed by atoms with Gasteiger partial charge in [0.1, 0.15) is 11.3 Å². The van der Waals surface area contributed by atoms with Crippen molar-refractivity contribution in [2.24, 2.45) is 5.10 Å². The highest BCUT2D eigenvalue weighted by Crippen LogP contribution is 2.30. The molecule has 5 rings (SSSR count). The molecule has 3 aromatic heterocycles. The van der Waals surface area contributed by atoms with Crippen LogP contribution in [-0.2, 0) is 24.2 Å². The molecule has 3 heterocycles. The maximum atomic E-state index is 12.8. The van der Waals surface area contributed by atoms with Gasteiger partial charge < -0.3 is 18.7 Å². The van der Waals surface area contributed by atoms with E-state index in [-0.39, 0.29) is 18.2 Å². The first-order valence-corrected chi connectivity index (χ1v) is 12.6. The maximum absolute atomic E-state index is 12.8. The molecule has 0 fully saturated rings. The summed E-state index contributed by atoms with van der Waals surface area (Å²) in [6, 6.07) is 4.02. The second-order valence-electron chi connectivity index (χ2n) is 9.53. The number of hydrogen-bond donors (Lipinski definition) is 2. The zero-order valence-electron chi connectivity index (χ0n) is 21.4. The molecule has 0 saturated heterocycles. The quantitative estimate of drug-likeness (QED) is 0.275. The van der Waals surface area contributed by atoms with Gasteiger partial charge in [0, 0.05) is 54.0 Å². The number of carbonyl (C=O) groups excluding carboxylic acids is 2. The van der Waals surface area contributed by atoms with Gasteiger partial charge in [-0.25, -0.2) is 10.4 Å². The van der Waals surface area contributed by atoms with E-state index in [1.54, 1.807) is 18.8 Å². The lowest BCUT2D eigenvalue weighted by Crippen LogP contribution is -2.25. The monoisotopic (exact) mass is 501 g/mol. The SMILES string of the molecule is Cc1ccc2c(CC(=O)N/N=C3\CCCc4oc(C(=O)NCCCn5ccnc5)c(C)c43)coc2c1C. The predicted octanol–water partition coefficient (Wildman–Crippen LogP) is 4.37. The van der Waals surface area contributed by atoms with Crippen LogP contribution in [0.5, 0.6) is 0 Å². The third kappa shape index (κ3) is 5.07. The number of furan rings is 2. The fraction of sp³-hybridized carbons (Fsp3) is 0.357. The molecule has 1 aliphatic carbocycles. The predicted molar refractivity (Wildman–Crippen MR) is 140 cm³/mol. The van der Waals surface area contributed by atoms with Crippen molar-refractivity contribution in [3.63, 3.8) is 0 Å². The number of hydrogen-bond acceptors (Lipinski definition) is 6. The van der Waals surface area contributed by atoms with Crippen molar-refractivity contribution in [1.29, 1.82) is 0 Å². The molecule has 1 aliphatic rings. The fourth-order valence-electron chi connectivity index (χ4n) is 4.83. The van der Waals surface area contributed by atoms with Gasteiger partial charge in [-0.1, -0.05) is 12.1 Å². The Morgan fingerprint density at radius 3 is 2.84 bits per heavy atom. The molecule has 37 heavy (non-hydrogen) atoms. The normalized spacial score (nSPS) is 14.2. The second kappa shape index (κ2) is 10.5. The third-order valence-electron chi connectivity index (χ3n) is 6.98. The van der Waals surface area contributed by atoms with Crippen molar-refractivity contribution in [2.45, 2.75) is 59.4 Å². The Hall–Kier alpha value is -4.14. The highest BCUT2D eigenvalue weighted by atomic mass is 16.4. The number of amides is 2. The van der Waals surface area contributed by atoms with Gasteiger partial charge >= 0.3 is 0 Å². The molecule has 0 saturated carbocycles. The molecular formula is C28H31N5O4. The minimum Gasteiger partial charge on any atom is -0.464 e. The van der Waals surface area contributed by atoms with Gasteiger partial charge in [-0.15, -0.1) is 0 Å². The summed E-state index contributed by atoms with van der Waals surface area (Å²) in [6.07, 6.45) is 10.2. The summed E-state index contributed by atoms with van der Waals surface area (Å²) < 4.78 is 13.7. The molecule has 0 bridgehead atoms. The van der Waals surface area contributed by atoms with Crippen LogP contribution in [0.2, 0.25) is 0 Å². The number of benzene rings is 1. The average molecular weight is 502 g/mol. The molecule has 0 atom stereocenters. The molecule has 4 aromatic rings. The van der Waals surface area contributed by atoms with Crippen LogP contribution in [0.15, 0.2) is 51.1 Å². The number of fused-ring (bicyclic) bond motifs is 2. The van der Waals surface area contributed by atoms with E-state index in [9.17, 15) is 9.59 Å². The Balaban J connectivity index is 1.24. The first kappa shape index (κ1) is 24.5. The standard InChI is InChI=1S/C28H31N5O4/c1-17-8-9-21-20(15-36-26(21)18(17)2)14-24(34)32-31-22-6-4-7-23-25(22)19(3)27(37-23)28(35)30-10-5-12-33-13-11-29-16-33/h8-9,11,13,15-16H,4-7,10,12,14H2,1-3H3,(H,30,35)(H,32,34)/b31-22+. The summed E-state index contributed by atoms with van der Waals surface area (Å²) in [5.74, 6) is 0.590. The number of imidazole rings is 1. The topological polar surface area (TPSA) is 115 Å². The molecule has 1 aromatic carbocycles. The van der Waals surface area contributed by atoms with Crippen LogP contribution in [0.4, 0.5) is 0 Å². The van der Waals surface area contributed by atoms with Crippen molar-refractivity contribution in [2.75, 3.05) is 6.54 Å². The average Bonchev–Trinajstić information content (AvgIpc) is 3.63. The summed E-state index contributed by atoms with van der Waals surface area (Å²) >= 11 is 0. The number of rotatable bonds is 8. The van der Waals surface area contributed by atoms with E-state index in [1.807, 2.05) is 43.7 Å². The summed E-state index contributed by atoms with van der Waals surface area (Å²) in [5.41, 5.74) is 8.88. The van der Waals surface area contributed by atoms with Crippen LogP contribution in [0.1, 0.15) is 63.4 Å². The second-order valence-corrected chi connectivity index (χ2v) is 9.53. The molecule has 0 spiro atoms. The highest BCUT2D eigenvalue weighted by molar-refractivity contribution is 6.06. The van der Waals surface area contributed by atoms with Crippen LogP contribution >= 0.6 is 0 Å². The summed E-state index contributed by atoms with van der Waals surface area (Å²) in [5, 5.41) is 8.32. The molecule has 2 N–H and O–H groups in total. The third-order valence-corrected chi connectivity index (χ3v) is 6.98. The summed E-state index contributed by atoms with van der Waals surface area (Å²) in [4.78, 5) is 29.6. The van der Waals surface area contributed by atoms with Crippen LogP contribution in [0, 0.1) is 20.8 Å². The molecular weight excluding hydrogens is 470 g/mol. The van der Waals surface area contributed by atoms with E-state index >= 15 is 0 Å². The zero-order valence-corrected chi connectivity index (χ0v) is 21.4. The maximum Gasteiger partial charge on any atom is 0.287 e. The number of carbonyl (C=O) groups is 2. The Morgan fingerprint density at radius 1 is 1.16 bits per heavy atom. The van der Waals surface area contributed by atoms with Crippen LogP contribution < -0.4 is 10.7 Å². The van der Waals surface area contributed by atoms with Gasteiger partial charge in [0.15, 0.2) is 5.76 Å². The minimum atomic E-state index is -0.238. The van der Waals surface area contributed by atoms with E-state index in [0.29, 0.717) is 18.7 Å². The first-order chi connectivity index (χ1) is 17.9. The molecule has 9 heteroatoms. The zero-order chi connectivity index (χ0) is 25.9. The molecule has 2 amide bonds. The van der Waals surface area contributed by atoms with Gasteiger partial charge in [-0.2, -0.15) is 5.10 Å². The van der Waals surface area contributed by atoms with Crippen LogP contribution in [0.3, 0.4) is 0 Å². The van der Waals surface area contributed by atoms with Crippen molar-refractivity contribution < 1.29 is 18.4 Å². The number of nitrogens with one attached hydrogen (secondary N) is 2. The Labute approximate surface area is 214 Å². The van der Waals surface area contributed by atoms with Crippen LogP contribution in [-0.4, -0.2) is 33.6 Å². The number of nitrogens with zero attached hydrogens (tertiary/aromatic N) is 3. The number of aryl methyl sites for hydroxylation is 4. The minimum absolute atomic E-state index is 0.163. The lowest BCUT2D eigenvalue weighted by molar-refractivity contribution is -0.120. The highest BCUT2D eigenvalue weighted by Gasteiger charge is 2.28. The van der Waals surface area contributed by atoms with Crippen LogP contribution in [0.25, 0.3) is 11.0 Å². The van der Waals surface area contributed by atoms with E-state index in [0.717, 1.165) is 76.1 Å². The van der Waals surface area contributed by atoms with E-state index < -0.39 is 0 Å². The smallest absolute Gasteiger partial charge is 0.287 e. The van der Waals surface area contributed by atoms with Crippen molar-refractivity contribution in [3.8, 4) is 0 Å². The molecule has 0 aliphatic heterocycles. The van der Waals surface area contributed by atoms with Crippen molar-refractivity contribution in [1.82, 2.24) is 20.3 Å². The number of hydrazone groups is 1. The molecule has 9 nitrogen and oxygen atoms in total. The Bertz CT molecular complexity index is 1480. The summed E-state index contributed by atoms with van der Waals surface area (Å²) in [6.45, 7) is 7.22. The van der Waals surface area contributed by atoms with Gasteiger partial charge in [0.2, 0.25) is 5.91 Å². The molecule has 0 unspecified atom stereocenters.